The Morgan fingerprint density at radius 3 is 2.38 bits per heavy atom. The highest BCUT2D eigenvalue weighted by Crippen LogP contribution is 2.41. The zero-order valence-electron chi connectivity index (χ0n) is 13.9. The molecule has 0 N–H and O–H groups in total. The lowest BCUT2D eigenvalue weighted by Gasteiger charge is -2.43. The number of likely N-dealkylation sites (tertiary alicyclic amines) is 1. The van der Waals surface area contributed by atoms with Gasteiger partial charge in [0.15, 0.2) is 0 Å². The van der Waals surface area contributed by atoms with Gasteiger partial charge in [-0.25, -0.2) is 8.42 Å². The van der Waals surface area contributed by atoms with Gasteiger partial charge in [0.2, 0.25) is 15.9 Å². The molecule has 0 radical (unpaired) electrons. The predicted molar refractivity (Wildman–Crippen MR) is 93.4 cm³/mol. The van der Waals surface area contributed by atoms with Gasteiger partial charge >= 0.3 is 0 Å². The fraction of sp³-hybridized carbons (Fsp3) is 0.588. The molecule has 1 unspecified atom stereocenters. The van der Waals surface area contributed by atoms with Crippen molar-refractivity contribution in [2.24, 2.45) is 0 Å². The molecular formula is C17H23ClN2O3S. The topological polar surface area (TPSA) is 57.7 Å². The second-order valence-corrected chi connectivity index (χ2v) is 8.86. The SMILES string of the molecule is CCCN1CCCC2(CCCN2S(=O)(=O)c2ccc(Cl)cc2)C1=O. The van der Waals surface area contributed by atoms with Crippen molar-refractivity contribution < 1.29 is 13.2 Å². The molecule has 24 heavy (non-hydrogen) atoms. The highest BCUT2D eigenvalue weighted by atomic mass is 35.5. The number of sulfonamides is 1. The van der Waals surface area contributed by atoms with Crippen molar-refractivity contribution in [3.63, 3.8) is 0 Å². The highest BCUT2D eigenvalue weighted by molar-refractivity contribution is 7.89. The lowest BCUT2D eigenvalue weighted by Crippen LogP contribution is -2.61. The first-order valence-corrected chi connectivity index (χ1v) is 10.3. The number of amides is 1. The fourth-order valence-electron chi connectivity index (χ4n) is 3.95. The summed E-state index contributed by atoms with van der Waals surface area (Å²) in [5, 5.41) is 0.493. The molecule has 1 spiro atoms. The first-order valence-electron chi connectivity index (χ1n) is 8.49. The lowest BCUT2D eigenvalue weighted by atomic mass is 9.86. The van der Waals surface area contributed by atoms with Crippen LogP contribution < -0.4 is 0 Å². The van der Waals surface area contributed by atoms with Crippen molar-refractivity contribution in [3.8, 4) is 0 Å². The van der Waals surface area contributed by atoms with Crippen molar-refractivity contribution in [2.75, 3.05) is 19.6 Å². The van der Waals surface area contributed by atoms with Gasteiger partial charge in [-0.2, -0.15) is 4.31 Å². The maximum atomic E-state index is 13.1. The largest absolute Gasteiger partial charge is 0.341 e. The average molecular weight is 371 g/mol. The summed E-state index contributed by atoms with van der Waals surface area (Å²) in [4.78, 5) is 15.1. The molecule has 1 atom stereocenters. The summed E-state index contributed by atoms with van der Waals surface area (Å²) in [6.45, 7) is 3.85. The summed E-state index contributed by atoms with van der Waals surface area (Å²) in [5.74, 6) is -0.0226. The summed E-state index contributed by atoms with van der Waals surface area (Å²) < 4.78 is 27.7. The van der Waals surface area contributed by atoms with E-state index in [4.69, 9.17) is 11.6 Å². The van der Waals surface area contributed by atoms with E-state index in [2.05, 4.69) is 0 Å². The maximum Gasteiger partial charge on any atom is 0.244 e. The molecule has 0 aromatic heterocycles. The van der Waals surface area contributed by atoms with E-state index in [1.54, 1.807) is 12.1 Å². The number of carbonyl (C=O) groups excluding carboxylic acids is 1. The zero-order chi connectivity index (χ0) is 17.4. The predicted octanol–water partition coefficient (Wildman–Crippen LogP) is 2.90. The van der Waals surface area contributed by atoms with E-state index in [1.807, 2.05) is 11.8 Å². The number of hydrogen-bond donors (Lipinski definition) is 0. The summed E-state index contributed by atoms with van der Waals surface area (Å²) >= 11 is 5.87. The van der Waals surface area contributed by atoms with Crippen molar-refractivity contribution in [1.82, 2.24) is 9.21 Å². The lowest BCUT2D eigenvalue weighted by molar-refractivity contribution is -0.144. The van der Waals surface area contributed by atoms with Gasteiger partial charge in [-0.1, -0.05) is 18.5 Å². The van der Waals surface area contributed by atoms with Gasteiger partial charge < -0.3 is 4.90 Å². The second-order valence-electron chi connectivity index (χ2n) is 6.56. The third-order valence-electron chi connectivity index (χ3n) is 5.03. The molecule has 0 aliphatic carbocycles. The Morgan fingerprint density at radius 1 is 1.12 bits per heavy atom. The molecule has 1 amide bonds. The second kappa shape index (κ2) is 6.65. The van der Waals surface area contributed by atoms with Crippen molar-refractivity contribution >= 4 is 27.5 Å². The molecule has 2 heterocycles. The minimum atomic E-state index is -3.71. The molecule has 1 aromatic carbocycles. The first kappa shape index (κ1) is 17.7. The number of hydrogen-bond acceptors (Lipinski definition) is 3. The van der Waals surface area contributed by atoms with Crippen LogP contribution in [-0.4, -0.2) is 48.7 Å². The Labute approximate surface area is 148 Å². The monoisotopic (exact) mass is 370 g/mol. The van der Waals surface area contributed by atoms with Crippen LogP contribution in [0.25, 0.3) is 0 Å². The van der Waals surface area contributed by atoms with Crippen LogP contribution in [0.1, 0.15) is 39.0 Å². The van der Waals surface area contributed by atoms with Crippen molar-refractivity contribution in [3.05, 3.63) is 29.3 Å². The number of piperidine rings is 1. The number of carbonyl (C=O) groups is 1. The van der Waals surface area contributed by atoms with Crippen molar-refractivity contribution in [2.45, 2.75) is 49.5 Å². The standard InChI is InChI=1S/C17H23ClN2O3S/c1-2-11-19-12-3-9-17(16(19)21)10-4-13-20(17)24(22,23)15-7-5-14(18)6-8-15/h5-8H,2-4,9-13H2,1H3. The number of halogens is 1. The van der Waals surface area contributed by atoms with Gasteiger partial charge in [0, 0.05) is 24.7 Å². The van der Waals surface area contributed by atoms with E-state index < -0.39 is 15.6 Å². The molecule has 7 heteroatoms. The Hall–Kier alpha value is -1.11. The summed E-state index contributed by atoms with van der Waals surface area (Å²) in [5.41, 5.74) is -0.897. The summed E-state index contributed by atoms with van der Waals surface area (Å²) in [6.07, 6.45) is 3.67. The van der Waals surface area contributed by atoms with Crippen LogP contribution in [0.5, 0.6) is 0 Å². The molecule has 2 saturated heterocycles. The Morgan fingerprint density at radius 2 is 1.75 bits per heavy atom. The maximum absolute atomic E-state index is 13.1. The van der Waals surface area contributed by atoms with E-state index in [-0.39, 0.29) is 10.8 Å². The molecule has 2 aliphatic rings. The summed E-state index contributed by atoms with van der Waals surface area (Å²) in [6, 6.07) is 6.17. The third kappa shape index (κ3) is 2.85. The fourth-order valence-corrected chi connectivity index (χ4v) is 5.90. The van der Waals surface area contributed by atoms with Crippen molar-refractivity contribution in [1.29, 1.82) is 0 Å². The quantitative estimate of drug-likeness (QED) is 0.818. The Balaban J connectivity index is 1.97. The molecule has 2 fully saturated rings. The molecule has 1 aromatic rings. The van der Waals surface area contributed by atoms with E-state index in [1.165, 1.54) is 16.4 Å². The number of benzene rings is 1. The molecular weight excluding hydrogens is 348 g/mol. The third-order valence-corrected chi connectivity index (χ3v) is 7.26. The van der Waals surface area contributed by atoms with Crippen LogP contribution in [0.3, 0.4) is 0 Å². The van der Waals surface area contributed by atoms with Crippen LogP contribution in [0.4, 0.5) is 0 Å². The van der Waals surface area contributed by atoms with Crippen LogP contribution in [0.15, 0.2) is 29.2 Å². The van der Waals surface area contributed by atoms with Crippen LogP contribution in [0.2, 0.25) is 5.02 Å². The molecule has 0 saturated carbocycles. The number of rotatable bonds is 4. The Kier molecular flexibility index (Phi) is 4.91. The molecule has 2 aliphatic heterocycles. The van der Waals surface area contributed by atoms with Gasteiger partial charge in [-0.15, -0.1) is 0 Å². The highest BCUT2D eigenvalue weighted by Gasteiger charge is 2.55. The first-order chi connectivity index (χ1) is 11.4. The van der Waals surface area contributed by atoms with E-state index in [0.29, 0.717) is 31.0 Å². The smallest absolute Gasteiger partial charge is 0.244 e. The van der Waals surface area contributed by atoms with Gasteiger partial charge in [-0.3, -0.25) is 4.79 Å². The Bertz CT molecular complexity index is 718. The van der Waals surface area contributed by atoms with E-state index >= 15 is 0 Å². The van der Waals surface area contributed by atoms with Crippen LogP contribution in [-0.2, 0) is 14.8 Å². The normalized spacial score (nSPS) is 25.6. The summed E-state index contributed by atoms with van der Waals surface area (Å²) in [7, 11) is -3.71. The zero-order valence-corrected chi connectivity index (χ0v) is 15.4. The average Bonchev–Trinajstić information content (AvgIpc) is 2.98. The minimum absolute atomic E-state index is 0.0226. The van der Waals surface area contributed by atoms with E-state index in [0.717, 1.165) is 25.8 Å². The molecule has 3 rings (SSSR count). The van der Waals surface area contributed by atoms with Crippen LogP contribution in [0, 0.1) is 0 Å². The van der Waals surface area contributed by atoms with Gasteiger partial charge in [-0.05, 0) is 56.4 Å². The van der Waals surface area contributed by atoms with Gasteiger partial charge in [0.25, 0.3) is 0 Å². The molecule has 0 bridgehead atoms. The van der Waals surface area contributed by atoms with Gasteiger partial charge in [0.05, 0.1) is 4.90 Å². The van der Waals surface area contributed by atoms with Gasteiger partial charge in [0.1, 0.15) is 5.54 Å². The minimum Gasteiger partial charge on any atom is -0.341 e. The molecule has 132 valence electrons. The number of nitrogens with zero attached hydrogens (tertiary/aromatic N) is 2. The molecule has 5 nitrogen and oxygen atoms in total. The van der Waals surface area contributed by atoms with Crippen LogP contribution >= 0.6 is 11.6 Å². The van der Waals surface area contributed by atoms with E-state index in [9.17, 15) is 13.2 Å².